The van der Waals surface area contributed by atoms with Crippen molar-refractivity contribution in [2.24, 2.45) is 0 Å². The Bertz CT molecular complexity index is 551. The normalized spacial score (nSPS) is 10.7. The number of halogens is 1. The Kier molecular flexibility index (Phi) is 4.23. The third-order valence-corrected chi connectivity index (χ3v) is 3.44. The maximum Gasteiger partial charge on any atom is 0.226 e. The Hall–Kier alpha value is -1.08. The number of benzene rings is 1. The molecule has 2 rings (SSSR count). The van der Waals surface area contributed by atoms with Crippen LogP contribution in [-0.4, -0.2) is 17.2 Å². The van der Waals surface area contributed by atoms with Crippen molar-refractivity contribution in [3.05, 3.63) is 35.2 Å². The van der Waals surface area contributed by atoms with Crippen LogP contribution >= 0.6 is 22.6 Å². The average Bonchev–Trinajstić information content (AvgIpc) is 2.79. The van der Waals surface area contributed by atoms with E-state index in [-0.39, 0.29) is 6.61 Å². The number of aromatic nitrogens is 1. The van der Waals surface area contributed by atoms with Crippen LogP contribution in [0.3, 0.4) is 0 Å². The molecule has 0 fully saturated rings. The third kappa shape index (κ3) is 2.51. The maximum atomic E-state index is 9.29. The molecule has 0 radical (unpaired) electrons. The second kappa shape index (κ2) is 5.71. The molecule has 18 heavy (non-hydrogen) atoms. The van der Waals surface area contributed by atoms with E-state index in [1.165, 1.54) is 0 Å². The molecule has 0 aliphatic carbocycles. The summed E-state index contributed by atoms with van der Waals surface area (Å²) >= 11 is 2.25. The van der Waals surface area contributed by atoms with E-state index in [4.69, 9.17) is 9.15 Å². The van der Waals surface area contributed by atoms with Crippen molar-refractivity contribution < 1.29 is 14.3 Å². The predicted octanol–water partition coefficient (Wildman–Crippen LogP) is 3.09. The van der Waals surface area contributed by atoms with Crippen LogP contribution < -0.4 is 4.74 Å². The summed E-state index contributed by atoms with van der Waals surface area (Å²) in [5.41, 5.74) is 2.52. The number of oxazole rings is 1. The average molecular weight is 359 g/mol. The summed E-state index contributed by atoms with van der Waals surface area (Å²) in [6.45, 7) is 1.83. The Balaban J connectivity index is 2.44. The van der Waals surface area contributed by atoms with Gasteiger partial charge in [-0.15, -0.1) is 0 Å². The zero-order valence-electron chi connectivity index (χ0n) is 10.2. The van der Waals surface area contributed by atoms with Crippen LogP contribution in [0.25, 0.3) is 11.5 Å². The lowest BCUT2D eigenvalue weighted by molar-refractivity contribution is 0.274. The number of aliphatic hydroxyl groups is 1. The van der Waals surface area contributed by atoms with E-state index in [0.717, 1.165) is 27.0 Å². The van der Waals surface area contributed by atoms with Crippen molar-refractivity contribution in [1.82, 2.24) is 4.98 Å². The van der Waals surface area contributed by atoms with Crippen molar-refractivity contribution in [2.75, 3.05) is 7.11 Å². The number of hydrogen-bond acceptors (Lipinski definition) is 4. The monoisotopic (exact) mass is 359 g/mol. The van der Waals surface area contributed by atoms with Crippen LogP contribution in [0.5, 0.6) is 5.75 Å². The largest absolute Gasteiger partial charge is 0.496 e. The van der Waals surface area contributed by atoms with E-state index in [2.05, 4.69) is 27.6 Å². The van der Waals surface area contributed by atoms with Crippen LogP contribution in [0.2, 0.25) is 0 Å². The highest BCUT2D eigenvalue weighted by atomic mass is 127. The minimum Gasteiger partial charge on any atom is -0.496 e. The zero-order chi connectivity index (χ0) is 13.1. The zero-order valence-corrected chi connectivity index (χ0v) is 12.4. The molecule has 4 nitrogen and oxygen atoms in total. The molecule has 0 spiro atoms. The van der Waals surface area contributed by atoms with Crippen molar-refractivity contribution in [1.29, 1.82) is 0 Å². The Morgan fingerprint density at radius 3 is 2.78 bits per heavy atom. The highest BCUT2D eigenvalue weighted by molar-refractivity contribution is 14.1. The number of nitrogens with zero attached hydrogens (tertiary/aromatic N) is 1. The van der Waals surface area contributed by atoms with Gasteiger partial charge in [0.05, 0.1) is 19.4 Å². The van der Waals surface area contributed by atoms with Crippen LogP contribution in [0, 0.1) is 6.92 Å². The van der Waals surface area contributed by atoms with Gasteiger partial charge >= 0.3 is 0 Å². The van der Waals surface area contributed by atoms with Crippen LogP contribution in [0.1, 0.15) is 17.0 Å². The molecule has 1 aromatic heterocycles. The number of ether oxygens (including phenoxy) is 1. The van der Waals surface area contributed by atoms with Gasteiger partial charge in [-0.25, -0.2) is 4.98 Å². The van der Waals surface area contributed by atoms with Crippen LogP contribution in [0.15, 0.2) is 22.6 Å². The van der Waals surface area contributed by atoms with Gasteiger partial charge in [-0.05, 0) is 25.1 Å². The minimum atomic E-state index is -0.0736. The van der Waals surface area contributed by atoms with E-state index in [9.17, 15) is 5.11 Å². The molecule has 1 heterocycles. The summed E-state index contributed by atoms with van der Waals surface area (Å²) in [4.78, 5) is 4.43. The lowest BCUT2D eigenvalue weighted by Crippen LogP contribution is -1.92. The predicted molar refractivity (Wildman–Crippen MR) is 76.9 cm³/mol. The van der Waals surface area contributed by atoms with Crippen molar-refractivity contribution >= 4 is 22.6 Å². The molecule has 0 unspecified atom stereocenters. The lowest BCUT2D eigenvalue weighted by atomic mass is 10.1. The summed E-state index contributed by atoms with van der Waals surface area (Å²) in [7, 11) is 1.58. The Morgan fingerprint density at radius 2 is 2.22 bits per heavy atom. The molecule has 0 bridgehead atoms. The first-order valence-corrected chi connectivity index (χ1v) is 7.02. The topological polar surface area (TPSA) is 55.5 Å². The second-order valence-corrected chi connectivity index (χ2v) is 4.60. The first kappa shape index (κ1) is 13.4. The fourth-order valence-corrected chi connectivity index (χ4v) is 2.42. The molecule has 5 heteroatoms. The molecule has 0 atom stereocenters. The van der Waals surface area contributed by atoms with E-state index in [1.807, 2.05) is 25.1 Å². The quantitative estimate of drug-likeness (QED) is 0.673. The number of methoxy groups -OCH3 is 1. The molecule has 2 aromatic rings. The van der Waals surface area contributed by atoms with E-state index in [1.54, 1.807) is 7.11 Å². The molecular formula is C13H14INO3. The summed E-state index contributed by atoms with van der Waals surface area (Å²) < 4.78 is 11.6. The molecule has 1 aromatic carbocycles. The van der Waals surface area contributed by atoms with Crippen molar-refractivity contribution in [3.8, 4) is 17.2 Å². The minimum absolute atomic E-state index is 0.0736. The van der Waals surface area contributed by atoms with Crippen molar-refractivity contribution in [3.63, 3.8) is 0 Å². The molecule has 1 N–H and O–H groups in total. The highest BCUT2D eigenvalue weighted by Gasteiger charge is 2.12. The number of aliphatic hydroxyl groups excluding tert-OH is 1. The van der Waals surface area contributed by atoms with Gasteiger partial charge in [0.2, 0.25) is 5.89 Å². The second-order valence-electron chi connectivity index (χ2n) is 3.84. The summed E-state index contributed by atoms with van der Waals surface area (Å²) in [5, 5.41) is 9.29. The number of rotatable bonds is 4. The molecule has 0 saturated heterocycles. The lowest BCUT2D eigenvalue weighted by Gasteiger charge is -2.06. The smallest absolute Gasteiger partial charge is 0.226 e. The van der Waals surface area contributed by atoms with E-state index in [0.29, 0.717) is 11.6 Å². The van der Waals surface area contributed by atoms with Gasteiger partial charge in [-0.2, -0.15) is 0 Å². The fraction of sp³-hybridized carbons (Fsp3) is 0.308. The summed E-state index contributed by atoms with van der Waals surface area (Å²) in [5.74, 6) is 2.08. The first-order chi connectivity index (χ1) is 8.69. The summed E-state index contributed by atoms with van der Waals surface area (Å²) in [6.07, 6.45) is 0. The van der Waals surface area contributed by atoms with Crippen LogP contribution in [0.4, 0.5) is 0 Å². The van der Waals surface area contributed by atoms with Gasteiger partial charge in [0.1, 0.15) is 11.5 Å². The highest BCUT2D eigenvalue weighted by Crippen LogP contribution is 2.28. The number of aryl methyl sites for hydroxylation is 1. The Morgan fingerprint density at radius 1 is 1.44 bits per heavy atom. The SMILES string of the molecule is COc1ccc(-c2nc(CI)c(C)o2)cc1CO. The van der Waals surface area contributed by atoms with Gasteiger partial charge in [0, 0.05) is 15.6 Å². The maximum absolute atomic E-state index is 9.29. The van der Waals surface area contributed by atoms with Crippen molar-refractivity contribution in [2.45, 2.75) is 18.0 Å². The standard InChI is InChI=1S/C13H14INO3/c1-8-11(6-14)15-13(18-8)9-3-4-12(17-2)10(5-9)7-16/h3-5,16H,6-7H2,1-2H3. The van der Waals surface area contributed by atoms with Gasteiger partial charge in [0.15, 0.2) is 0 Å². The van der Waals surface area contributed by atoms with Gasteiger partial charge in [-0.1, -0.05) is 22.6 Å². The Labute approximate surface area is 119 Å². The van der Waals surface area contributed by atoms with Crippen LogP contribution in [-0.2, 0) is 11.0 Å². The van der Waals surface area contributed by atoms with E-state index < -0.39 is 0 Å². The molecule has 0 saturated carbocycles. The number of alkyl halides is 1. The fourth-order valence-electron chi connectivity index (χ4n) is 1.71. The summed E-state index contributed by atoms with van der Waals surface area (Å²) in [6, 6.07) is 5.52. The number of hydrogen-bond donors (Lipinski definition) is 1. The van der Waals surface area contributed by atoms with E-state index >= 15 is 0 Å². The molecule has 0 aliphatic heterocycles. The third-order valence-electron chi connectivity index (χ3n) is 2.72. The first-order valence-electron chi connectivity index (χ1n) is 5.50. The van der Waals surface area contributed by atoms with Gasteiger partial charge in [-0.3, -0.25) is 0 Å². The van der Waals surface area contributed by atoms with Gasteiger partial charge < -0.3 is 14.3 Å². The van der Waals surface area contributed by atoms with Gasteiger partial charge in [0.25, 0.3) is 0 Å². The molecular weight excluding hydrogens is 345 g/mol. The molecule has 96 valence electrons. The molecule has 0 aliphatic rings. The molecule has 0 amide bonds.